The lowest BCUT2D eigenvalue weighted by Crippen LogP contribution is -2.14. The van der Waals surface area contributed by atoms with Gasteiger partial charge in [0.05, 0.1) is 7.18 Å². The Morgan fingerprint density at radius 1 is 1.50 bits per heavy atom. The molecule has 0 nitrogen and oxygen atoms in total. The Morgan fingerprint density at radius 3 is 2.50 bits per heavy atom. The number of allylic oxidation sites excluding steroid dienone is 1. The molecule has 0 aromatic rings. The van der Waals surface area contributed by atoms with Crippen molar-refractivity contribution in [2.75, 3.05) is 7.18 Å². The van der Waals surface area contributed by atoms with Crippen molar-refractivity contribution in [2.24, 2.45) is 11.8 Å². The molecule has 0 heterocycles. The summed E-state index contributed by atoms with van der Waals surface area (Å²) in [5, 5.41) is 0. The minimum absolute atomic E-state index is 0.500. The highest BCUT2D eigenvalue weighted by Gasteiger charge is 2.19. The molecule has 0 aromatic heterocycles. The average Bonchev–Trinajstić information content (AvgIpc) is 2.13. The molecule has 72 valence electrons. The molecule has 0 aromatic carbocycles. The van der Waals surface area contributed by atoms with Gasteiger partial charge in [0.25, 0.3) is 0 Å². The molecule has 0 N–H and O–H groups in total. The standard InChI is InChI=1S/C10H18.CH3F/c1-4-10-7-8(2)5-6-9(10)3;1-2/h8,10H,3-7H2,1-2H3;1H3. The van der Waals surface area contributed by atoms with Gasteiger partial charge in [0, 0.05) is 0 Å². The Hall–Kier alpha value is -0.330. The van der Waals surface area contributed by atoms with Crippen molar-refractivity contribution in [3.63, 3.8) is 0 Å². The van der Waals surface area contributed by atoms with Crippen molar-refractivity contribution in [1.29, 1.82) is 0 Å². The van der Waals surface area contributed by atoms with Crippen LogP contribution in [0.2, 0.25) is 0 Å². The summed E-state index contributed by atoms with van der Waals surface area (Å²) in [4.78, 5) is 0. The molecule has 1 aliphatic carbocycles. The SMILES string of the molecule is C=C1CCC(C)CC1CC.CF. The van der Waals surface area contributed by atoms with Gasteiger partial charge in [-0.3, -0.25) is 4.39 Å². The number of halogens is 1. The van der Waals surface area contributed by atoms with Crippen molar-refractivity contribution >= 4 is 0 Å². The van der Waals surface area contributed by atoms with E-state index in [-0.39, 0.29) is 0 Å². The molecule has 0 spiro atoms. The first-order valence-corrected chi connectivity index (χ1v) is 4.79. The topological polar surface area (TPSA) is 0 Å². The molecule has 2 unspecified atom stereocenters. The first kappa shape index (κ1) is 11.7. The molecule has 1 rings (SSSR count). The van der Waals surface area contributed by atoms with E-state index in [0.717, 1.165) is 11.8 Å². The molecule has 1 aliphatic rings. The molecule has 0 radical (unpaired) electrons. The highest BCUT2D eigenvalue weighted by atomic mass is 19.1. The molecular weight excluding hydrogens is 151 g/mol. The lowest BCUT2D eigenvalue weighted by atomic mass is 9.78. The van der Waals surface area contributed by atoms with E-state index in [4.69, 9.17) is 0 Å². The van der Waals surface area contributed by atoms with Crippen LogP contribution in [0.25, 0.3) is 0 Å². The van der Waals surface area contributed by atoms with Crippen molar-refractivity contribution in [3.05, 3.63) is 12.2 Å². The van der Waals surface area contributed by atoms with Crippen molar-refractivity contribution in [1.82, 2.24) is 0 Å². The van der Waals surface area contributed by atoms with Crippen LogP contribution < -0.4 is 0 Å². The van der Waals surface area contributed by atoms with E-state index in [2.05, 4.69) is 20.4 Å². The average molecular weight is 172 g/mol. The summed E-state index contributed by atoms with van der Waals surface area (Å²) in [6.07, 6.45) is 5.33. The van der Waals surface area contributed by atoms with Gasteiger partial charge in [0.1, 0.15) is 0 Å². The van der Waals surface area contributed by atoms with Crippen molar-refractivity contribution in [3.8, 4) is 0 Å². The number of alkyl halides is 1. The van der Waals surface area contributed by atoms with E-state index in [0.29, 0.717) is 7.18 Å². The summed E-state index contributed by atoms with van der Waals surface area (Å²) in [5.74, 6) is 1.78. The first-order chi connectivity index (χ1) is 5.74. The van der Waals surface area contributed by atoms with Crippen molar-refractivity contribution in [2.45, 2.75) is 39.5 Å². The van der Waals surface area contributed by atoms with E-state index >= 15 is 0 Å². The second kappa shape index (κ2) is 6.22. The second-order valence-corrected chi connectivity index (χ2v) is 3.64. The van der Waals surface area contributed by atoms with E-state index in [9.17, 15) is 4.39 Å². The summed E-state index contributed by atoms with van der Waals surface area (Å²) < 4.78 is 9.50. The zero-order valence-electron chi connectivity index (χ0n) is 8.57. The maximum Gasteiger partial charge on any atom is 0.0785 e. The molecule has 0 saturated heterocycles. The highest BCUT2D eigenvalue weighted by Crippen LogP contribution is 2.33. The molecule has 1 heteroatoms. The van der Waals surface area contributed by atoms with Crippen LogP contribution in [-0.4, -0.2) is 7.18 Å². The Morgan fingerprint density at radius 2 is 2.08 bits per heavy atom. The third-order valence-corrected chi connectivity index (χ3v) is 2.72. The summed E-state index contributed by atoms with van der Waals surface area (Å²) in [6.45, 7) is 8.73. The van der Waals surface area contributed by atoms with Gasteiger partial charge in [-0.25, -0.2) is 0 Å². The number of rotatable bonds is 1. The normalized spacial score (nSPS) is 29.2. The van der Waals surface area contributed by atoms with Gasteiger partial charge in [-0.2, -0.15) is 0 Å². The van der Waals surface area contributed by atoms with E-state index in [1.54, 1.807) is 0 Å². The second-order valence-electron chi connectivity index (χ2n) is 3.64. The fourth-order valence-corrected chi connectivity index (χ4v) is 1.86. The van der Waals surface area contributed by atoms with Gasteiger partial charge in [-0.1, -0.05) is 26.0 Å². The molecule has 0 amide bonds. The van der Waals surface area contributed by atoms with Gasteiger partial charge >= 0.3 is 0 Å². The molecule has 0 bridgehead atoms. The van der Waals surface area contributed by atoms with Crippen LogP contribution in [0.1, 0.15) is 39.5 Å². The lowest BCUT2D eigenvalue weighted by Gasteiger charge is -2.27. The quantitative estimate of drug-likeness (QED) is 0.525. The predicted molar refractivity (Wildman–Crippen MR) is 53.0 cm³/mol. The lowest BCUT2D eigenvalue weighted by molar-refractivity contribution is 0.347. The van der Waals surface area contributed by atoms with Crippen LogP contribution in [0.15, 0.2) is 12.2 Å². The molecule has 0 aliphatic heterocycles. The Labute approximate surface area is 75.9 Å². The van der Waals surface area contributed by atoms with Crippen LogP contribution in [0.4, 0.5) is 4.39 Å². The number of hydrogen-bond acceptors (Lipinski definition) is 0. The van der Waals surface area contributed by atoms with Gasteiger partial charge < -0.3 is 0 Å². The third-order valence-electron chi connectivity index (χ3n) is 2.72. The molecular formula is C11H21F. The molecule has 2 atom stereocenters. The Bertz CT molecular complexity index is 129. The zero-order chi connectivity index (χ0) is 9.56. The first-order valence-electron chi connectivity index (χ1n) is 4.79. The summed E-state index contributed by atoms with van der Waals surface area (Å²) >= 11 is 0. The Kier molecular flexibility index (Phi) is 6.04. The van der Waals surface area contributed by atoms with Gasteiger partial charge in [-0.15, -0.1) is 0 Å². The van der Waals surface area contributed by atoms with Crippen LogP contribution in [0.5, 0.6) is 0 Å². The maximum absolute atomic E-state index is 9.50. The predicted octanol–water partition coefficient (Wildman–Crippen LogP) is 3.97. The van der Waals surface area contributed by atoms with Crippen LogP contribution >= 0.6 is 0 Å². The van der Waals surface area contributed by atoms with Crippen LogP contribution in [-0.2, 0) is 0 Å². The molecule has 1 saturated carbocycles. The zero-order valence-corrected chi connectivity index (χ0v) is 8.57. The van der Waals surface area contributed by atoms with E-state index < -0.39 is 0 Å². The summed E-state index contributed by atoms with van der Waals surface area (Å²) in [6, 6.07) is 0. The van der Waals surface area contributed by atoms with Gasteiger partial charge in [0.15, 0.2) is 0 Å². The third kappa shape index (κ3) is 3.38. The Balaban J connectivity index is 0.000000561. The minimum Gasteiger partial charge on any atom is -0.255 e. The van der Waals surface area contributed by atoms with Crippen molar-refractivity contribution < 1.29 is 4.39 Å². The monoisotopic (exact) mass is 172 g/mol. The van der Waals surface area contributed by atoms with Crippen LogP contribution in [0.3, 0.4) is 0 Å². The van der Waals surface area contributed by atoms with Gasteiger partial charge in [0.2, 0.25) is 0 Å². The fourth-order valence-electron chi connectivity index (χ4n) is 1.86. The minimum atomic E-state index is 0.500. The van der Waals surface area contributed by atoms with E-state index in [1.165, 1.54) is 31.3 Å². The van der Waals surface area contributed by atoms with Gasteiger partial charge in [-0.05, 0) is 37.5 Å². The van der Waals surface area contributed by atoms with E-state index in [1.807, 2.05) is 0 Å². The largest absolute Gasteiger partial charge is 0.255 e. The highest BCUT2D eigenvalue weighted by molar-refractivity contribution is 5.03. The summed E-state index contributed by atoms with van der Waals surface area (Å²) in [5.41, 5.74) is 1.50. The van der Waals surface area contributed by atoms with Crippen LogP contribution in [0, 0.1) is 11.8 Å². The summed E-state index contributed by atoms with van der Waals surface area (Å²) in [7, 11) is 0.500. The fraction of sp³-hybridized carbons (Fsp3) is 0.818. The smallest absolute Gasteiger partial charge is 0.0785 e. The molecule has 1 fully saturated rings. The molecule has 12 heavy (non-hydrogen) atoms. The number of hydrogen-bond donors (Lipinski definition) is 0. The maximum atomic E-state index is 9.50.